The van der Waals surface area contributed by atoms with Gasteiger partial charge in [-0.15, -0.1) is 0 Å². The molecule has 0 radical (unpaired) electrons. The molecule has 2 N–H and O–H groups in total. The number of aliphatic hydroxyl groups is 1. The molecular weight excluding hydrogens is 244 g/mol. The summed E-state index contributed by atoms with van der Waals surface area (Å²) < 4.78 is 5.18. The third kappa shape index (κ3) is 3.44. The van der Waals surface area contributed by atoms with Crippen molar-refractivity contribution in [3.63, 3.8) is 0 Å². The Morgan fingerprint density at radius 3 is 2.53 bits per heavy atom. The minimum absolute atomic E-state index is 0.0481. The third-order valence-electron chi connectivity index (χ3n) is 3.11. The Bertz CT molecular complexity index is 448. The topological polar surface area (TPSA) is 71.5 Å². The van der Waals surface area contributed by atoms with E-state index in [1.165, 1.54) is 0 Å². The summed E-state index contributed by atoms with van der Waals surface area (Å²) in [5.41, 5.74) is -0.526. The number of carbonyl (C=O) groups is 1. The Morgan fingerprint density at radius 1 is 1.42 bits per heavy atom. The molecule has 19 heavy (non-hydrogen) atoms. The smallest absolute Gasteiger partial charge is 0.407 e. The van der Waals surface area contributed by atoms with Crippen molar-refractivity contribution in [1.29, 1.82) is 0 Å². The van der Waals surface area contributed by atoms with Gasteiger partial charge in [0.15, 0.2) is 0 Å². The normalized spacial score (nSPS) is 26.4. The van der Waals surface area contributed by atoms with E-state index in [2.05, 4.69) is 10.3 Å². The standard InChI is InChI=1S/C14H20N2O3/c1-13(2,3)19-12(17)16-11-8-14(18,9-11)10-4-6-15-7-5-10/h4-7,11,18H,8-9H2,1-3H3,(H,16,17). The van der Waals surface area contributed by atoms with Crippen LogP contribution in [0.2, 0.25) is 0 Å². The number of nitrogens with one attached hydrogen (secondary N) is 1. The van der Waals surface area contributed by atoms with E-state index in [0.717, 1.165) is 5.56 Å². The van der Waals surface area contributed by atoms with E-state index in [1.54, 1.807) is 24.5 Å². The van der Waals surface area contributed by atoms with Crippen molar-refractivity contribution in [2.75, 3.05) is 0 Å². The van der Waals surface area contributed by atoms with Gasteiger partial charge >= 0.3 is 6.09 Å². The van der Waals surface area contributed by atoms with Crippen molar-refractivity contribution in [3.8, 4) is 0 Å². The number of carbonyl (C=O) groups excluding carboxylic acids is 1. The monoisotopic (exact) mass is 264 g/mol. The van der Waals surface area contributed by atoms with E-state index >= 15 is 0 Å². The van der Waals surface area contributed by atoms with Crippen molar-refractivity contribution < 1.29 is 14.6 Å². The molecule has 1 saturated carbocycles. The Morgan fingerprint density at radius 2 is 2.00 bits per heavy atom. The average molecular weight is 264 g/mol. The molecule has 5 heteroatoms. The molecule has 0 atom stereocenters. The molecular formula is C14H20N2O3. The maximum atomic E-state index is 11.6. The highest BCUT2D eigenvalue weighted by atomic mass is 16.6. The molecule has 0 bridgehead atoms. The van der Waals surface area contributed by atoms with Gasteiger partial charge < -0.3 is 15.2 Å². The first-order valence-electron chi connectivity index (χ1n) is 6.41. The second-order valence-electron chi connectivity index (χ2n) is 6.02. The highest BCUT2D eigenvalue weighted by Crippen LogP contribution is 2.41. The summed E-state index contributed by atoms with van der Waals surface area (Å²) in [5.74, 6) is 0. The van der Waals surface area contributed by atoms with Crippen molar-refractivity contribution in [3.05, 3.63) is 30.1 Å². The first-order chi connectivity index (χ1) is 8.78. The lowest BCUT2D eigenvalue weighted by molar-refractivity contribution is -0.0628. The van der Waals surface area contributed by atoms with E-state index in [0.29, 0.717) is 12.8 Å². The van der Waals surface area contributed by atoms with Crippen molar-refractivity contribution >= 4 is 6.09 Å². The first kappa shape index (κ1) is 13.8. The lowest BCUT2D eigenvalue weighted by atomic mass is 9.71. The van der Waals surface area contributed by atoms with Crippen LogP contribution in [0.15, 0.2) is 24.5 Å². The van der Waals surface area contributed by atoms with Gasteiger partial charge in [-0.25, -0.2) is 4.79 Å². The van der Waals surface area contributed by atoms with Gasteiger partial charge in [-0.1, -0.05) is 0 Å². The highest BCUT2D eigenvalue weighted by Gasteiger charge is 2.45. The summed E-state index contributed by atoms with van der Waals surface area (Å²) in [6, 6.07) is 3.54. The van der Waals surface area contributed by atoms with Crippen molar-refractivity contribution in [2.45, 2.75) is 50.9 Å². The zero-order valence-electron chi connectivity index (χ0n) is 11.5. The van der Waals surface area contributed by atoms with E-state index in [1.807, 2.05) is 20.8 Å². The number of amides is 1. The number of hydrogen-bond acceptors (Lipinski definition) is 4. The Balaban J connectivity index is 1.85. The van der Waals surface area contributed by atoms with Crippen LogP contribution in [0.4, 0.5) is 4.79 Å². The van der Waals surface area contributed by atoms with E-state index < -0.39 is 17.3 Å². The van der Waals surface area contributed by atoms with Crippen molar-refractivity contribution in [1.82, 2.24) is 10.3 Å². The van der Waals surface area contributed by atoms with E-state index in [4.69, 9.17) is 4.74 Å². The molecule has 1 aliphatic rings. The predicted molar refractivity (Wildman–Crippen MR) is 70.5 cm³/mol. The molecule has 1 aliphatic carbocycles. The predicted octanol–water partition coefficient (Wildman–Crippen LogP) is 1.96. The van der Waals surface area contributed by atoms with Crippen LogP contribution in [0.25, 0.3) is 0 Å². The number of alkyl carbamates (subject to hydrolysis) is 1. The van der Waals surface area contributed by atoms with Crippen LogP contribution in [0, 0.1) is 0 Å². The summed E-state index contributed by atoms with van der Waals surface area (Å²) in [5, 5.41) is 13.1. The van der Waals surface area contributed by atoms with Crippen LogP contribution in [-0.4, -0.2) is 27.8 Å². The largest absolute Gasteiger partial charge is 0.444 e. The second kappa shape index (κ2) is 4.81. The van der Waals surface area contributed by atoms with Gasteiger partial charge in [0.05, 0.1) is 5.60 Å². The Kier molecular flexibility index (Phi) is 3.49. The molecule has 0 unspecified atom stereocenters. The average Bonchev–Trinajstić information content (AvgIpc) is 2.25. The molecule has 0 spiro atoms. The van der Waals surface area contributed by atoms with Gasteiger partial charge in [-0.05, 0) is 38.5 Å². The van der Waals surface area contributed by atoms with Gasteiger partial charge in [-0.2, -0.15) is 0 Å². The summed E-state index contributed by atoms with van der Waals surface area (Å²) in [6.07, 6.45) is 3.87. The molecule has 0 aliphatic heterocycles. The van der Waals surface area contributed by atoms with Gasteiger partial charge in [0.25, 0.3) is 0 Å². The molecule has 1 fully saturated rings. The zero-order valence-corrected chi connectivity index (χ0v) is 11.5. The lowest BCUT2D eigenvalue weighted by Gasteiger charge is -2.44. The molecule has 1 aromatic rings. The zero-order chi connectivity index (χ0) is 14.1. The molecule has 1 aromatic heterocycles. The van der Waals surface area contributed by atoms with E-state index in [9.17, 15) is 9.90 Å². The maximum absolute atomic E-state index is 11.6. The molecule has 5 nitrogen and oxygen atoms in total. The molecule has 0 aromatic carbocycles. The first-order valence-corrected chi connectivity index (χ1v) is 6.41. The van der Waals surface area contributed by atoms with Crippen molar-refractivity contribution in [2.24, 2.45) is 0 Å². The molecule has 104 valence electrons. The molecule has 0 saturated heterocycles. The molecule has 1 heterocycles. The minimum atomic E-state index is -0.859. The number of pyridine rings is 1. The lowest BCUT2D eigenvalue weighted by Crippen LogP contribution is -2.53. The fourth-order valence-electron chi connectivity index (χ4n) is 2.23. The summed E-state index contributed by atoms with van der Waals surface area (Å²) in [4.78, 5) is 15.5. The number of aromatic nitrogens is 1. The second-order valence-corrected chi connectivity index (χ2v) is 6.02. The summed E-state index contributed by atoms with van der Waals surface area (Å²) >= 11 is 0. The fourth-order valence-corrected chi connectivity index (χ4v) is 2.23. The van der Waals surface area contributed by atoms with Gasteiger partial charge in [0.1, 0.15) is 5.60 Å². The van der Waals surface area contributed by atoms with Gasteiger partial charge in [0.2, 0.25) is 0 Å². The number of nitrogens with zero attached hydrogens (tertiary/aromatic N) is 1. The van der Waals surface area contributed by atoms with E-state index in [-0.39, 0.29) is 6.04 Å². The summed E-state index contributed by atoms with van der Waals surface area (Å²) in [7, 11) is 0. The van der Waals surface area contributed by atoms with Crippen LogP contribution in [0.5, 0.6) is 0 Å². The SMILES string of the molecule is CC(C)(C)OC(=O)NC1CC(O)(c2ccncc2)C1. The fraction of sp³-hybridized carbons (Fsp3) is 0.571. The number of hydrogen-bond donors (Lipinski definition) is 2. The number of ether oxygens (including phenoxy) is 1. The van der Waals surface area contributed by atoms with Gasteiger partial charge in [-0.3, -0.25) is 4.98 Å². The van der Waals surface area contributed by atoms with Crippen LogP contribution < -0.4 is 5.32 Å². The van der Waals surface area contributed by atoms with Gasteiger partial charge in [0, 0.05) is 31.3 Å². The Hall–Kier alpha value is -1.62. The highest BCUT2D eigenvalue weighted by molar-refractivity contribution is 5.68. The van der Waals surface area contributed by atoms with Crippen LogP contribution in [-0.2, 0) is 10.3 Å². The number of rotatable bonds is 2. The molecule has 2 rings (SSSR count). The van der Waals surface area contributed by atoms with Crippen LogP contribution in [0.3, 0.4) is 0 Å². The molecule has 1 amide bonds. The quantitative estimate of drug-likeness (QED) is 0.856. The summed E-state index contributed by atoms with van der Waals surface area (Å²) in [6.45, 7) is 5.46. The minimum Gasteiger partial charge on any atom is -0.444 e. The van der Waals surface area contributed by atoms with Crippen LogP contribution in [0.1, 0.15) is 39.2 Å². The third-order valence-corrected chi connectivity index (χ3v) is 3.11. The maximum Gasteiger partial charge on any atom is 0.407 e. The Labute approximate surface area is 113 Å². The van der Waals surface area contributed by atoms with Crippen LogP contribution >= 0.6 is 0 Å².